The zero-order valence-electron chi connectivity index (χ0n) is 10.4. The van der Waals surface area contributed by atoms with Crippen LogP contribution in [0.2, 0.25) is 0 Å². The van der Waals surface area contributed by atoms with Crippen LogP contribution in [0.4, 0.5) is 0 Å². The third kappa shape index (κ3) is 3.53. The average Bonchev–Trinajstić information content (AvgIpc) is 2.26. The number of aliphatic hydroxyl groups excluding tert-OH is 1. The fourth-order valence-electron chi connectivity index (χ4n) is 1.73. The molecule has 0 fully saturated rings. The van der Waals surface area contributed by atoms with Crippen molar-refractivity contribution >= 4 is 0 Å². The molecular formula is C14H21O2. The third-order valence-electron chi connectivity index (χ3n) is 2.56. The molecule has 1 N–H and O–H groups in total. The van der Waals surface area contributed by atoms with Crippen molar-refractivity contribution in [2.75, 3.05) is 13.7 Å². The molecule has 0 heterocycles. The zero-order chi connectivity index (χ0) is 12.1. The van der Waals surface area contributed by atoms with E-state index >= 15 is 0 Å². The normalized spacial score (nSPS) is 12.9. The van der Waals surface area contributed by atoms with E-state index in [1.54, 1.807) is 7.11 Å². The van der Waals surface area contributed by atoms with Gasteiger partial charge in [0.1, 0.15) is 5.75 Å². The quantitative estimate of drug-likeness (QED) is 0.828. The zero-order valence-corrected chi connectivity index (χ0v) is 10.4. The van der Waals surface area contributed by atoms with Crippen molar-refractivity contribution in [2.24, 2.45) is 5.92 Å². The van der Waals surface area contributed by atoms with Crippen molar-refractivity contribution in [3.63, 3.8) is 0 Å². The molecule has 1 unspecified atom stereocenters. The van der Waals surface area contributed by atoms with Crippen LogP contribution in [-0.4, -0.2) is 18.8 Å². The number of aliphatic hydroxyl groups is 1. The number of ether oxygens (including phenoxy) is 1. The Hall–Kier alpha value is -1.02. The van der Waals surface area contributed by atoms with E-state index in [4.69, 9.17) is 9.84 Å². The van der Waals surface area contributed by atoms with Crippen LogP contribution in [0.5, 0.6) is 5.75 Å². The number of methoxy groups -OCH3 is 1. The summed E-state index contributed by atoms with van der Waals surface area (Å²) in [4.78, 5) is 0. The van der Waals surface area contributed by atoms with Gasteiger partial charge in [-0.05, 0) is 42.5 Å². The van der Waals surface area contributed by atoms with Gasteiger partial charge >= 0.3 is 0 Å². The van der Waals surface area contributed by atoms with E-state index in [0.29, 0.717) is 5.92 Å². The summed E-state index contributed by atoms with van der Waals surface area (Å²) < 4.78 is 5.26. The fraction of sp³-hybridized carbons (Fsp3) is 0.500. The van der Waals surface area contributed by atoms with Crippen LogP contribution in [0.1, 0.15) is 30.9 Å². The van der Waals surface area contributed by atoms with E-state index in [1.807, 2.05) is 12.1 Å². The second kappa shape index (κ2) is 5.90. The van der Waals surface area contributed by atoms with Gasteiger partial charge in [-0.15, -0.1) is 0 Å². The Morgan fingerprint density at radius 1 is 1.31 bits per heavy atom. The molecule has 2 heteroatoms. The lowest BCUT2D eigenvalue weighted by Crippen LogP contribution is -2.02. The Labute approximate surface area is 98.3 Å². The first-order chi connectivity index (χ1) is 7.56. The highest BCUT2D eigenvalue weighted by molar-refractivity contribution is 5.37. The first kappa shape index (κ1) is 13.0. The van der Waals surface area contributed by atoms with E-state index in [9.17, 15) is 0 Å². The first-order valence-electron chi connectivity index (χ1n) is 5.68. The van der Waals surface area contributed by atoms with Gasteiger partial charge in [-0.3, -0.25) is 0 Å². The van der Waals surface area contributed by atoms with Crippen molar-refractivity contribution in [3.05, 3.63) is 36.2 Å². The molecule has 1 aromatic rings. The maximum atomic E-state index is 9.12. The van der Waals surface area contributed by atoms with Crippen molar-refractivity contribution in [1.82, 2.24) is 0 Å². The van der Waals surface area contributed by atoms with Crippen LogP contribution in [0, 0.1) is 12.8 Å². The van der Waals surface area contributed by atoms with Crippen LogP contribution < -0.4 is 4.74 Å². The van der Waals surface area contributed by atoms with Crippen molar-refractivity contribution in [1.29, 1.82) is 0 Å². The second-order valence-electron chi connectivity index (χ2n) is 4.59. The number of rotatable bonds is 5. The minimum Gasteiger partial charge on any atom is -0.497 e. The van der Waals surface area contributed by atoms with Gasteiger partial charge < -0.3 is 9.84 Å². The minimum absolute atomic E-state index is 0.0638. The van der Waals surface area contributed by atoms with E-state index < -0.39 is 0 Å². The Bertz CT molecular complexity index is 332. The smallest absolute Gasteiger partial charge is 0.119 e. The maximum Gasteiger partial charge on any atom is 0.119 e. The molecule has 0 aromatic heterocycles. The molecule has 1 aromatic carbocycles. The van der Waals surface area contributed by atoms with Crippen LogP contribution in [-0.2, 0) is 6.42 Å². The Balaban J connectivity index is 3.00. The Morgan fingerprint density at radius 2 is 2.00 bits per heavy atom. The number of benzene rings is 1. The lowest BCUT2D eigenvalue weighted by molar-refractivity contribution is 0.282. The molecule has 0 spiro atoms. The monoisotopic (exact) mass is 221 g/mol. The molecule has 1 radical (unpaired) electrons. The molecule has 16 heavy (non-hydrogen) atoms. The summed E-state index contributed by atoms with van der Waals surface area (Å²) >= 11 is 0. The summed E-state index contributed by atoms with van der Waals surface area (Å²) in [6.45, 7) is 8.36. The number of hydrogen-bond acceptors (Lipinski definition) is 2. The molecular weight excluding hydrogens is 200 g/mol. The van der Waals surface area contributed by atoms with Gasteiger partial charge in [-0.2, -0.15) is 0 Å². The van der Waals surface area contributed by atoms with Gasteiger partial charge in [0.25, 0.3) is 0 Å². The molecule has 0 bridgehead atoms. The predicted molar refractivity (Wildman–Crippen MR) is 66.7 cm³/mol. The van der Waals surface area contributed by atoms with Crippen molar-refractivity contribution in [3.8, 4) is 5.75 Å². The highest BCUT2D eigenvalue weighted by atomic mass is 16.5. The summed E-state index contributed by atoms with van der Waals surface area (Å²) in [6.07, 6.45) is 1.02. The highest BCUT2D eigenvalue weighted by Crippen LogP contribution is 2.24. The van der Waals surface area contributed by atoms with E-state index in [0.717, 1.165) is 17.7 Å². The molecule has 1 rings (SSSR count). The second-order valence-corrected chi connectivity index (χ2v) is 4.59. The number of hydrogen-bond donors (Lipinski definition) is 1. The van der Waals surface area contributed by atoms with Crippen LogP contribution in [0.3, 0.4) is 0 Å². The summed E-state index contributed by atoms with van der Waals surface area (Å²) in [6, 6.07) is 6.10. The standard InChI is InChI=1S/C14H21O2/c1-10(2)5-12-6-13(11(3)9-15)8-14(7-12)16-4/h6-8,10-11,15H,3,5,9H2,1-2,4H3. The van der Waals surface area contributed by atoms with E-state index in [2.05, 4.69) is 26.8 Å². The molecule has 0 aliphatic rings. The lowest BCUT2D eigenvalue weighted by atomic mass is 9.95. The van der Waals surface area contributed by atoms with Crippen molar-refractivity contribution < 1.29 is 9.84 Å². The van der Waals surface area contributed by atoms with Crippen LogP contribution in [0.25, 0.3) is 0 Å². The van der Waals surface area contributed by atoms with Gasteiger partial charge in [-0.25, -0.2) is 0 Å². The fourth-order valence-corrected chi connectivity index (χ4v) is 1.73. The molecule has 2 nitrogen and oxygen atoms in total. The minimum atomic E-state index is -0.0824. The van der Waals surface area contributed by atoms with Crippen LogP contribution >= 0.6 is 0 Å². The summed E-state index contributed by atoms with van der Waals surface area (Å²) in [7, 11) is 1.66. The Morgan fingerprint density at radius 3 is 2.50 bits per heavy atom. The Kier molecular flexibility index (Phi) is 4.81. The van der Waals surface area contributed by atoms with Crippen molar-refractivity contribution in [2.45, 2.75) is 26.2 Å². The molecule has 1 atom stereocenters. The molecule has 0 saturated carbocycles. The SMILES string of the molecule is [CH2]C(CO)c1cc(CC(C)C)cc(OC)c1. The van der Waals surface area contributed by atoms with Gasteiger partial charge in [0.05, 0.1) is 7.11 Å². The van der Waals surface area contributed by atoms with Gasteiger partial charge in [0.15, 0.2) is 0 Å². The molecule has 0 saturated heterocycles. The summed E-state index contributed by atoms with van der Waals surface area (Å²) in [5.41, 5.74) is 2.28. The maximum absolute atomic E-state index is 9.12. The van der Waals surface area contributed by atoms with Gasteiger partial charge in [-0.1, -0.05) is 19.9 Å². The highest BCUT2D eigenvalue weighted by Gasteiger charge is 2.08. The molecule has 89 valence electrons. The largest absolute Gasteiger partial charge is 0.497 e. The van der Waals surface area contributed by atoms with Gasteiger partial charge in [0.2, 0.25) is 0 Å². The molecule has 0 aliphatic carbocycles. The predicted octanol–water partition coefficient (Wildman–Crippen LogP) is 2.80. The molecule has 0 aliphatic heterocycles. The first-order valence-corrected chi connectivity index (χ1v) is 5.68. The van der Waals surface area contributed by atoms with E-state index in [1.165, 1.54) is 5.56 Å². The van der Waals surface area contributed by atoms with Gasteiger partial charge in [0, 0.05) is 12.5 Å². The lowest BCUT2D eigenvalue weighted by Gasteiger charge is -2.14. The summed E-state index contributed by atoms with van der Waals surface area (Å²) in [5, 5.41) is 9.12. The van der Waals surface area contributed by atoms with Crippen LogP contribution in [0.15, 0.2) is 18.2 Å². The van der Waals surface area contributed by atoms with E-state index in [-0.39, 0.29) is 12.5 Å². The molecule has 0 amide bonds. The topological polar surface area (TPSA) is 29.5 Å². The summed E-state index contributed by atoms with van der Waals surface area (Å²) in [5.74, 6) is 1.37. The third-order valence-corrected chi connectivity index (χ3v) is 2.56. The average molecular weight is 221 g/mol.